The van der Waals surface area contributed by atoms with Gasteiger partial charge in [0.2, 0.25) is 0 Å². The number of hydrogen-bond donors (Lipinski definition) is 2. The molecule has 0 saturated heterocycles. The Morgan fingerprint density at radius 3 is 2.22 bits per heavy atom. The Balaban J connectivity index is 1.39. The third-order valence-electron chi connectivity index (χ3n) is 13.2. The molecule has 0 aromatic carbocycles. The van der Waals surface area contributed by atoms with Crippen LogP contribution in [0.4, 0.5) is 0 Å². The molecule has 0 bridgehead atoms. The molecule has 0 amide bonds. The van der Waals surface area contributed by atoms with Crippen LogP contribution in [0, 0.1) is 50.7 Å². The molecule has 5 fully saturated rings. The molecular weight excluding hydrogens is 472 g/mol. The zero-order valence-corrected chi connectivity index (χ0v) is 24.5. The third-order valence-corrected chi connectivity index (χ3v) is 13.7. The van der Waals surface area contributed by atoms with E-state index in [0.29, 0.717) is 45.8 Å². The molecule has 2 N–H and O–H groups in total. The number of allylic oxidation sites excluding steroid dienone is 1. The van der Waals surface area contributed by atoms with E-state index >= 15 is 0 Å². The predicted molar refractivity (Wildman–Crippen MR) is 143 cm³/mol. The van der Waals surface area contributed by atoms with Gasteiger partial charge in [-0.15, -0.1) is 0 Å². The Bertz CT molecular complexity index is 1030. The van der Waals surface area contributed by atoms with Crippen molar-refractivity contribution in [3.8, 4) is 0 Å². The van der Waals surface area contributed by atoms with Gasteiger partial charge in [-0.25, -0.2) is 4.18 Å². The van der Waals surface area contributed by atoms with Crippen LogP contribution in [0.25, 0.3) is 0 Å². The molecule has 0 radical (unpaired) electrons. The first-order valence-corrected chi connectivity index (χ1v) is 15.9. The van der Waals surface area contributed by atoms with Gasteiger partial charge in [0, 0.05) is 0 Å². The SMILES string of the molecule is CC(C)=C[C@H](O)C[C@@H](C)[C@H]1CC[C@@]2(C)[C@@H]3CC[C@H]4C(C)(C)[C@@H](OS(=O)(=O)O)CC[C@@]45C[C@@]35CC[C@]12C. The van der Waals surface area contributed by atoms with Gasteiger partial charge < -0.3 is 5.11 Å². The molecule has 5 rings (SSSR count). The highest BCUT2D eigenvalue weighted by atomic mass is 32.3. The van der Waals surface area contributed by atoms with Gasteiger partial charge in [-0.1, -0.05) is 46.3 Å². The summed E-state index contributed by atoms with van der Waals surface area (Å²) in [5, 5.41) is 10.7. The van der Waals surface area contributed by atoms with E-state index in [1.165, 1.54) is 44.1 Å². The second-order valence-electron chi connectivity index (χ2n) is 15.0. The molecule has 5 saturated carbocycles. The van der Waals surface area contributed by atoms with Crippen LogP contribution in [-0.2, 0) is 14.6 Å². The number of aliphatic hydroxyl groups is 1. The summed E-state index contributed by atoms with van der Waals surface area (Å²) in [7, 11) is -4.44. The topological polar surface area (TPSA) is 83.8 Å². The summed E-state index contributed by atoms with van der Waals surface area (Å²) in [5.41, 5.74) is 2.26. The smallest absolute Gasteiger partial charge is 0.389 e. The lowest BCUT2D eigenvalue weighted by Crippen LogP contribution is -2.58. The molecule has 2 spiro atoms. The van der Waals surface area contributed by atoms with Crippen molar-refractivity contribution < 1.29 is 22.3 Å². The molecule has 0 heterocycles. The lowest BCUT2D eigenvalue weighted by Gasteiger charge is -2.63. The quantitative estimate of drug-likeness (QED) is 0.291. The first-order chi connectivity index (χ1) is 16.5. The monoisotopic (exact) mass is 522 g/mol. The number of fused-ring (bicyclic) bond motifs is 2. The van der Waals surface area contributed by atoms with Crippen molar-refractivity contribution in [3.05, 3.63) is 11.6 Å². The summed E-state index contributed by atoms with van der Waals surface area (Å²) in [5.74, 6) is 2.34. The van der Waals surface area contributed by atoms with E-state index in [9.17, 15) is 18.1 Å². The summed E-state index contributed by atoms with van der Waals surface area (Å²) < 4.78 is 37.8. The standard InChI is InChI=1S/C30H50O5S/c1-19(2)16-21(31)17-20(3)22-10-12-28(7)24-9-8-23-26(4,5)25(35-36(32,33)34)11-13-29(23)18-30(24,29)15-14-27(22,28)6/h16,20-25,31H,8-15,17-18H2,1-7H3,(H,32,33,34)/t20-,21+,22-,23+,24+,25+,27-,28+,29-,30+/m1/s1. The van der Waals surface area contributed by atoms with Crippen LogP contribution in [0.15, 0.2) is 11.6 Å². The summed E-state index contributed by atoms with van der Waals surface area (Å²) in [6.07, 6.45) is 12.6. The maximum absolute atomic E-state index is 11.6. The van der Waals surface area contributed by atoms with Crippen molar-refractivity contribution in [1.82, 2.24) is 0 Å². The van der Waals surface area contributed by atoms with E-state index in [1.807, 2.05) is 6.08 Å². The van der Waals surface area contributed by atoms with Crippen molar-refractivity contribution in [3.63, 3.8) is 0 Å². The van der Waals surface area contributed by atoms with Crippen LogP contribution in [0.5, 0.6) is 0 Å². The number of aliphatic hydroxyl groups excluding tert-OH is 1. The molecule has 5 nitrogen and oxygen atoms in total. The van der Waals surface area contributed by atoms with Gasteiger partial charge in [0.05, 0.1) is 12.2 Å². The minimum atomic E-state index is -4.44. The van der Waals surface area contributed by atoms with Crippen molar-refractivity contribution in [2.45, 2.75) is 125 Å². The molecule has 206 valence electrons. The summed E-state index contributed by atoms with van der Waals surface area (Å²) in [4.78, 5) is 0. The van der Waals surface area contributed by atoms with Crippen LogP contribution >= 0.6 is 0 Å². The van der Waals surface area contributed by atoms with Crippen LogP contribution in [0.3, 0.4) is 0 Å². The Labute approximate surface area is 219 Å². The van der Waals surface area contributed by atoms with Crippen LogP contribution in [0.1, 0.15) is 113 Å². The molecule has 5 aliphatic rings. The van der Waals surface area contributed by atoms with Crippen LogP contribution < -0.4 is 0 Å². The second-order valence-corrected chi connectivity index (χ2v) is 16.1. The largest absolute Gasteiger partial charge is 0.397 e. The van der Waals surface area contributed by atoms with Gasteiger partial charge in [0.25, 0.3) is 0 Å². The third kappa shape index (κ3) is 3.67. The summed E-state index contributed by atoms with van der Waals surface area (Å²) in [6.45, 7) is 16.1. The molecule has 0 aromatic heterocycles. The first-order valence-electron chi connectivity index (χ1n) is 14.5. The van der Waals surface area contributed by atoms with Gasteiger partial charge in [0.1, 0.15) is 0 Å². The number of rotatable bonds is 6. The molecule has 0 aromatic rings. The number of hydrogen-bond acceptors (Lipinski definition) is 4. The summed E-state index contributed by atoms with van der Waals surface area (Å²) >= 11 is 0. The Morgan fingerprint density at radius 2 is 1.58 bits per heavy atom. The lowest BCUT2D eigenvalue weighted by atomic mass is 9.41. The Kier molecular flexibility index (Phi) is 6.25. The zero-order chi connectivity index (χ0) is 26.5. The first kappa shape index (κ1) is 27.1. The Hall–Kier alpha value is -0.430. The van der Waals surface area contributed by atoms with Crippen molar-refractivity contribution in [2.75, 3.05) is 0 Å². The normalized spacial score (nSPS) is 48.6. The minimum absolute atomic E-state index is 0.266. The van der Waals surface area contributed by atoms with Gasteiger partial charge in [0.15, 0.2) is 0 Å². The maximum Gasteiger partial charge on any atom is 0.397 e. The predicted octanol–water partition coefficient (Wildman–Crippen LogP) is 6.97. The van der Waals surface area contributed by atoms with E-state index in [0.717, 1.165) is 25.2 Å². The van der Waals surface area contributed by atoms with E-state index in [-0.39, 0.29) is 11.5 Å². The summed E-state index contributed by atoms with van der Waals surface area (Å²) in [6, 6.07) is 0. The van der Waals surface area contributed by atoms with Crippen molar-refractivity contribution in [2.24, 2.45) is 50.7 Å². The van der Waals surface area contributed by atoms with E-state index in [1.54, 1.807) is 0 Å². The molecule has 10 atom stereocenters. The molecule has 0 unspecified atom stereocenters. The van der Waals surface area contributed by atoms with Crippen LogP contribution in [-0.4, -0.2) is 30.3 Å². The van der Waals surface area contributed by atoms with Gasteiger partial charge >= 0.3 is 10.4 Å². The highest BCUT2D eigenvalue weighted by Gasteiger charge is 2.82. The van der Waals surface area contributed by atoms with E-state index < -0.39 is 16.5 Å². The highest BCUT2D eigenvalue weighted by Crippen LogP contribution is 2.89. The fraction of sp³-hybridized carbons (Fsp3) is 0.933. The average Bonchev–Trinajstić information content (AvgIpc) is 3.31. The average molecular weight is 523 g/mol. The van der Waals surface area contributed by atoms with E-state index in [4.69, 9.17) is 4.18 Å². The van der Waals surface area contributed by atoms with Gasteiger partial charge in [-0.05, 0) is 129 Å². The van der Waals surface area contributed by atoms with Crippen molar-refractivity contribution >= 4 is 10.4 Å². The fourth-order valence-corrected chi connectivity index (χ4v) is 12.2. The fourth-order valence-electron chi connectivity index (χ4n) is 11.6. The second kappa shape index (κ2) is 8.29. The van der Waals surface area contributed by atoms with Crippen molar-refractivity contribution in [1.29, 1.82) is 0 Å². The van der Waals surface area contributed by atoms with Gasteiger partial charge in [-0.2, -0.15) is 8.42 Å². The molecule has 36 heavy (non-hydrogen) atoms. The van der Waals surface area contributed by atoms with Crippen LogP contribution in [0.2, 0.25) is 0 Å². The molecule has 6 heteroatoms. The molecule has 0 aliphatic heterocycles. The highest BCUT2D eigenvalue weighted by molar-refractivity contribution is 7.80. The maximum atomic E-state index is 11.6. The Morgan fingerprint density at radius 1 is 0.944 bits per heavy atom. The van der Waals surface area contributed by atoms with Gasteiger partial charge in [-0.3, -0.25) is 4.55 Å². The zero-order valence-electron chi connectivity index (χ0n) is 23.6. The molecule has 5 aliphatic carbocycles. The van der Waals surface area contributed by atoms with E-state index in [2.05, 4.69) is 48.5 Å². The lowest BCUT2D eigenvalue weighted by molar-refractivity contribution is -0.158. The minimum Gasteiger partial charge on any atom is -0.389 e. The molecular formula is C30H50O5S.